The Morgan fingerprint density at radius 3 is 2.87 bits per heavy atom. The lowest BCUT2D eigenvalue weighted by atomic mass is 10.2. The molecule has 0 aliphatic carbocycles. The minimum absolute atomic E-state index is 0.104. The first-order valence-corrected chi connectivity index (χ1v) is 5.22. The Bertz CT molecular complexity index is 317. The van der Waals surface area contributed by atoms with Crippen LogP contribution in [-0.4, -0.2) is 25.4 Å². The number of methoxy groups -OCH3 is 1. The molecule has 2 N–H and O–H groups in total. The van der Waals surface area contributed by atoms with Gasteiger partial charge in [-0.15, -0.1) is 0 Å². The van der Waals surface area contributed by atoms with Crippen LogP contribution in [-0.2, 0) is 4.74 Å². The second-order valence-electron chi connectivity index (χ2n) is 3.61. The average molecular weight is 230 g/mol. The highest BCUT2D eigenvalue weighted by atomic mass is 35.5. The number of halogens is 1. The number of aromatic hydroxyl groups is 1. The van der Waals surface area contributed by atoms with Gasteiger partial charge in [0.25, 0.3) is 0 Å². The van der Waals surface area contributed by atoms with Gasteiger partial charge in [0, 0.05) is 19.3 Å². The number of nitrogens with one attached hydrogen (secondary N) is 1. The van der Waals surface area contributed by atoms with Gasteiger partial charge < -0.3 is 15.2 Å². The third-order valence-corrected chi connectivity index (χ3v) is 2.36. The molecule has 15 heavy (non-hydrogen) atoms. The molecule has 1 aromatic carbocycles. The number of hydrogen-bond donors (Lipinski definition) is 2. The fourth-order valence-corrected chi connectivity index (χ4v) is 1.43. The lowest BCUT2D eigenvalue weighted by Gasteiger charge is -2.12. The van der Waals surface area contributed by atoms with Gasteiger partial charge in [-0.1, -0.05) is 18.5 Å². The molecule has 84 valence electrons. The van der Waals surface area contributed by atoms with Crippen molar-refractivity contribution in [3.05, 3.63) is 23.2 Å². The molecular formula is C11H16ClNO2. The molecule has 0 aromatic heterocycles. The molecule has 0 aliphatic heterocycles. The van der Waals surface area contributed by atoms with Crippen LogP contribution in [0, 0.1) is 5.92 Å². The van der Waals surface area contributed by atoms with Crippen molar-refractivity contribution in [3.8, 4) is 5.75 Å². The minimum Gasteiger partial charge on any atom is -0.506 e. The quantitative estimate of drug-likeness (QED) is 0.763. The van der Waals surface area contributed by atoms with E-state index in [9.17, 15) is 5.11 Å². The first-order valence-electron chi connectivity index (χ1n) is 4.84. The fraction of sp³-hybridized carbons (Fsp3) is 0.455. The van der Waals surface area contributed by atoms with Gasteiger partial charge in [-0.05, 0) is 24.1 Å². The summed E-state index contributed by atoms with van der Waals surface area (Å²) in [4.78, 5) is 0. The summed E-state index contributed by atoms with van der Waals surface area (Å²) in [5.41, 5.74) is 0.903. The molecule has 4 heteroatoms. The topological polar surface area (TPSA) is 41.5 Å². The predicted octanol–water partition coefficient (Wildman–Crippen LogP) is 2.74. The van der Waals surface area contributed by atoms with Crippen molar-refractivity contribution in [2.45, 2.75) is 6.92 Å². The fourth-order valence-electron chi connectivity index (χ4n) is 1.25. The van der Waals surface area contributed by atoms with Gasteiger partial charge in [-0.2, -0.15) is 0 Å². The third-order valence-electron chi connectivity index (χ3n) is 2.05. The van der Waals surface area contributed by atoms with E-state index in [4.69, 9.17) is 16.3 Å². The van der Waals surface area contributed by atoms with E-state index in [1.165, 1.54) is 0 Å². The van der Waals surface area contributed by atoms with E-state index in [1.54, 1.807) is 25.3 Å². The van der Waals surface area contributed by atoms with Crippen LogP contribution in [0.25, 0.3) is 0 Å². The Morgan fingerprint density at radius 1 is 1.53 bits per heavy atom. The summed E-state index contributed by atoms with van der Waals surface area (Å²) in [6.45, 7) is 3.63. The monoisotopic (exact) mass is 229 g/mol. The highest BCUT2D eigenvalue weighted by Gasteiger charge is 2.03. The zero-order chi connectivity index (χ0) is 11.3. The molecule has 3 nitrogen and oxygen atoms in total. The van der Waals surface area contributed by atoms with Gasteiger partial charge >= 0.3 is 0 Å². The third kappa shape index (κ3) is 3.98. The van der Waals surface area contributed by atoms with Crippen LogP contribution in [0.3, 0.4) is 0 Å². The van der Waals surface area contributed by atoms with E-state index in [2.05, 4.69) is 12.2 Å². The normalized spacial score (nSPS) is 12.5. The average Bonchev–Trinajstić information content (AvgIpc) is 2.20. The second-order valence-corrected chi connectivity index (χ2v) is 4.01. The highest BCUT2D eigenvalue weighted by Crippen LogP contribution is 2.26. The molecule has 0 saturated carbocycles. The molecule has 0 aliphatic rings. The van der Waals surface area contributed by atoms with Crippen LogP contribution in [0.4, 0.5) is 5.69 Å². The number of anilines is 1. The molecule has 1 atom stereocenters. The number of benzene rings is 1. The molecule has 0 heterocycles. The van der Waals surface area contributed by atoms with Crippen molar-refractivity contribution in [1.29, 1.82) is 0 Å². The largest absolute Gasteiger partial charge is 0.506 e. The lowest BCUT2D eigenvalue weighted by Crippen LogP contribution is -2.15. The minimum atomic E-state index is 0.104. The Balaban J connectivity index is 2.47. The summed E-state index contributed by atoms with van der Waals surface area (Å²) >= 11 is 5.78. The number of phenols is 1. The van der Waals surface area contributed by atoms with Crippen LogP contribution in [0.2, 0.25) is 5.02 Å². The van der Waals surface area contributed by atoms with Gasteiger partial charge in [0.2, 0.25) is 0 Å². The maximum absolute atomic E-state index is 9.23. The van der Waals surface area contributed by atoms with E-state index in [0.29, 0.717) is 10.9 Å². The van der Waals surface area contributed by atoms with Crippen molar-refractivity contribution in [2.75, 3.05) is 25.6 Å². The van der Waals surface area contributed by atoms with Gasteiger partial charge in [0.1, 0.15) is 5.75 Å². The van der Waals surface area contributed by atoms with Crippen molar-refractivity contribution in [3.63, 3.8) is 0 Å². The summed E-state index contributed by atoms with van der Waals surface area (Å²) in [6, 6.07) is 5.07. The zero-order valence-electron chi connectivity index (χ0n) is 8.96. The van der Waals surface area contributed by atoms with Crippen molar-refractivity contribution >= 4 is 17.3 Å². The molecule has 1 unspecified atom stereocenters. The van der Waals surface area contributed by atoms with Gasteiger partial charge in [0.05, 0.1) is 11.6 Å². The Kier molecular flexibility index (Phi) is 4.72. The van der Waals surface area contributed by atoms with Gasteiger partial charge in [0.15, 0.2) is 0 Å². The number of hydrogen-bond acceptors (Lipinski definition) is 3. The van der Waals surface area contributed by atoms with Crippen molar-refractivity contribution in [2.24, 2.45) is 5.92 Å². The molecule has 0 amide bonds. The number of ether oxygens (including phenoxy) is 1. The van der Waals surface area contributed by atoms with E-state index < -0.39 is 0 Å². The van der Waals surface area contributed by atoms with Crippen LogP contribution in [0.15, 0.2) is 18.2 Å². The SMILES string of the molecule is COCC(C)CNc1ccc(O)c(Cl)c1. The maximum Gasteiger partial charge on any atom is 0.134 e. The molecule has 0 fully saturated rings. The number of rotatable bonds is 5. The first kappa shape index (κ1) is 12.1. The van der Waals surface area contributed by atoms with E-state index in [0.717, 1.165) is 18.8 Å². The smallest absolute Gasteiger partial charge is 0.134 e. The van der Waals surface area contributed by atoms with E-state index >= 15 is 0 Å². The Morgan fingerprint density at radius 2 is 2.27 bits per heavy atom. The molecule has 0 bridgehead atoms. The standard InChI is InChI=1S/C11H16ClNO2/c1-8(7-15-2)6-13-9-3-4-11(14)10(12)5-9/h3-5,8,13-14H,6-7H2,1-2H3. The molecule has 0 saturated heterocycles. The lowest BCUT2D eigenvalue weighted by molar-refractivity contribution is 0.164. The van der Waals surface area contributed by atoms with E-state index in [-0.39, 0.29) is 5.75 Å². The second kappa shape index (κ2) is 5.83. The molecule has 0 spiro atoms. The summed E-state index contributed by atoms with van der Waals surface area (Å²) in [6.07, 6.45) is 0. The Labute approximate surface area is 95.0 Å². The van der Waals surface area contributed by atoms with Gasteiger partial charge in [-0.25, -0.2) is 0 Å². The summed E-state index contributed by atoms with van der Waals surface area (Å²) in [7, 11) is 1.69. The maximum atomic E-state index is 9.23. The summed E-state index contributed by atoms with van der Waals surface area (Å²) in [5, 5.41) is 12.8. The van der Waals surface area contributed by atoms with Crippen LogP contribution < -0.4 is 5.32 Å². The van der Waals surface area contributed by atoms with Gasteiger partial charge in [-0.3, -0.25) is 0 Å². The van der Waals surface area contributed by atoms with Crippen LogP contribution in [0.1, 0.15) is 6.92 Å². The van der Waals surface area contributed by atoms with Crippen LogP contribution in [0.5, 0.6) is 5.75 Å². The Hall–Kier alpha value is -0.930. The molecule has 0 radical (unpaired) electrons. The van der Waals surface area contributed by atoms with Crippen LogP contribution >= 0.6 is 11.6 Å². The summed E-state index contributed by atoms with van der Waals surface area (Å²) in [5.74, 6) is 0.537. The highest BCUT2D eigenvalue weighted by molar-refractivity contribution is 6.32. The number of phenolic OH excluding ortho intramolecular Hbond substituents is 1. The summed E-state index contributed by atoms with van der Waals surface area (Å²) < 4.78 is 5.03. The predicted molar refractivity (Wildman–Crippen MR) is 62.6 cm³/mol. The molecule has 1 rings (SSSR count). The zero-order valence-corrected chi connectivity index (χ0v) is 9.71. The molecular weight excluding hydrogens is 214 g/mol. The van der Waals surface area contributed by atoms with E-state index in [1.807, 2.05) is 0 Å². The molecule has 1 aromatic rings. The first-order chi connectivity index (χ1) is 7.13. The van der Waals surface area contributed by atoms with Crippen molar-refractivity contribution < 1.29 is 9.84 Å². The van der Waals surface area contributed by atoms with Crippen molar-refractivity contribution in [1.82, 2.24) is 0 Å².